The van der Waals surface area contributed by atoms with Gasteiger partial charge in [0, 0.05) is 45.4 Å². The molecule has 2 aliphatic rings. The molecule has 0 aliphatic carbocycles. The first-order chi connectivity index (χ1) is 11.7. The summed E-state index contributed by atoms with van der Waals surface area (Å²) >= 11 is 0. The molecule has 4 rings (SSSR count). The van der Waals surface area contributed by atoms with Crippen LogP contribution in [0.25, 0.3) is 0 Å². The van der Waals surface area contributed by atoms with Crippen LogP contribution in [-0.4, -0.2) is 57.2 Å². The van der Waals surface area contributed by atoms with E-state index in [0.717, 1.165) is 38.4 Å². The SMILES string of the molecule is Cc1noc(COC2CN(C[C@@H]3CCO[C@H]3c3ccnn3C)C2)n1. The van der Waals surface area contributed by atoms with Crippen LogP contribution in [0.1, 0.15) is 29.9 Å². The molecule has 4 heterocycles. The lowest BCUT2D eigenvalue weighted by molar-refractivity contribution is -0.0765. The summed E-state index contributed by atoms with van der Waals surface area (Å²) in [4.78, 5) is 6.57. The zero-order chi connectivity index (χ0) is 16.5. The largest absolute Gasteiger partial charge is 0.372 e. The Balaban J connectivity index is 1.23. The zero-order valence-electron chi connectivity index (χ0n) is 14.1. The van der Waals surface area contributed by atoms with Crippen LogP contribution in [0.4, 0.5) is 0 Å². The van der Waals surface area contributed by atoms with E-state index in [2.05, 4.69) is 26.2 Å². The molecule has 2 fully saturated rings. The zero-order valence-corrected chi connectivity index (χ0v) is 14.1. The van der Waals surface area contributed by atoms with Crippen molar-refractivity contribution in [3.63, 3.8) is 0 Å². The Morgan fingerprint density at radius 2 is 2.25 bits per heavy atom. The second-order valence-electron chi connectivity index (χ2n) is 6.61. The molecule has 2 aliphatic heterocycles. The van der Waals surface area contributed by atoms with Crippen molar-refractivity contribution in [2.75, 3.05) is 26.2 Å². The van der Waals surface area contributed by atoms with Gasteiger partial charge in [-0.05, 0) is 19.4 Å². The fourth-order valence-corrected chi connectivity index (χ4v) is 3.51. The predicted octanol–water partition coefficient (Wildman–Crippen LogP) is 1.09. The van der Waals surface area contributed by atoms with E-state index in [1.807, 2.05) is 17.9 Å². The van der Waals surface area contributed by atoms with Crippen molar-refractivity contribution >= 4 is 0 Å². The molecule has 130 valence electrons. The Bertz CT molecular complexity index is 679. The van der Waals surface area contributed by atoms with Crippen molar-refractivity contribution in [2.45, 2.75) is 32.2 Å². The highest BCUT2D eigenvalue weighted by Gasteiger charge is 2.36. The van der Waals surface area contributed by atoms with Gasteiger partial charge in [0.2, 0.25) is 0 Å². The molecule has 2 aromatic heterocycles. The van der Waals surface area contributed by atoms with E-state index in [1.54, 1.807) is 6.92 Å². The second-order valence-corrected chi connectivity index (χ2v) is 6.61. The topological polar surface area (TPSA) is 78.4 Å². The van der Waals surface area contributed by atoms with Gasteiger partial charge in [-0.3, -0.25) is 9.58 Å². The molecule has 0 saturated carbocycles. The molecule has 0 unspecified atom stereocenters. The van der Waals surface area contributed by atoms with Gasteiger partial charge in [-0.2, -0.15) is 10.1 Å². The average molecular weight is 333 g/mol. The van der Waals surface area contributed by atoms with Crippen molar-refractivity contribution in [3.05, 3.63) is 29.7 Å². The van der Waals surface area contributed by atoms with Crippen LogP contribution in [0.15, 0.2) is 16.8 Å². The Morgan fingerprint density at radius 3 is 2.96 bits per heavy atom. The summed E-state index contributed by atoms with van der Waals surface area (Å²) in [6.45, 7) is 5.95. The van der Waals surface area contributed by atoms with E-state index >= 15 is 0 Å². The van der Waals surface area contributed by atoms with Crippen molar-refractivity contribution < 1.29 is 14.0 Å². The van der Waals surface area contributed by atoms with Gasteiger partial charge in [-0.1, -0.05) is 5.16 Å². The van der Waals surface area contributed by atoms with E-state index in [0.29, 0.717) is 24.2 Å². The Kier molecular flexibility index (Phi) is 4.34. The predicted molar refractivity (Wildman–Crippen MR) is 84.1 cm³/mol. The van der Waals surface area contributed by atoms with Gasteiger partial charge in [-0.15, -0.1) is 0 Å². The molecule has 0 spiro atoms. The molecular weight excluding hydrogens is 310 g/mol. The van der Waals surface area contributed by atoms with E-state index in [-0.39, 0.29) is 12.2 Å². The number of hydrogen-bond donors (Lipinski definition) is 0. The summed E-state index contributed by atoms with van der Waals surface area (Å²) in [6.07, 6.45) is 3.33. The van der Waals surface area contributed by atoms with Crippen LogP contribution in [0.3, 0.4) is 0 Å². The number of likely N-dealkylation sites (tertiary alicyclic amines) is 1. The maximum atomic E-state index is 5.95. The fourth-order valence-electron chi connectivity index (χ4n) is 3.51. The Labute approximate surface area is 140 Å². The first-order valence-electron chi connectivity index (χ1n) is 8.41. The summed E-state index contributed by atoms with van der Waals surface area (Å²) in [5.41, 5.74) is 1.16. The van der Waals surface area contributed by atoms with Gasteiger partial charge < -0.3 is 14.0 Å². The van der Waals surface area contributed by atoms with Crippen molar-refractivity contribution in [3.8, 4) is 0 Å². The van der Waals surface area contributed by atoms with Gasteiger partial charge in [0.1, 0.15) is 12.7 Å². The summed E-state index contributed by atoms with van der Waals surface area (Å²) in [5.74, 6) is 1.71. The maximum absolute atomic E-state index is 5.95. The number of aromatic nitrogens is 4. The Hall–Kier alpha value is -1.77. The minimum atomic E-state index is 0.152. The summed E-state index contributed by atoms with van der Waals surface area (Å²) in [7, 11) is 1.97. The van der Waals surface area contributed by atoms with E-state index in [4.69, 9.17) is 14.0 Å². The first kappa shape index (κ1) is 15.7. The van der Waals surface area contributed by atoms with Crippen molar-refractivity contribution in [1.82, 2.24) is 24.8 Å². The molecule has 8 heteroatoms. The first-order valence-corrected chi connectivity index (χ1v) is 8.41. The summed E-state index contributed by atoms with van der Waals surface area (Å²) in [6, 6.07) is 2.05. The maximum Gasteiger partial charge on any atom is 0.252 e. The Morgan fingerprint density at radius 1 is 1.38 bits per heavy atom. The molecule has 2 saturated heterocycles. The number of rotatable bonds is 6. The van der Waals surface area contributed by atoms with E-state index in [1.165, 1.54) is 0 Å². The van der Waals surface area contributed by atoms with Gasteiger partial charge >= 0.3 is 0 Å². The smallest absolute Gasteiger partial charge is 0.252 e. The van der Waals surface area contributed by atoms with Crippen LogP contribution >= 0.6 is 0 Å². The van der Waals surface area contributed by atoms with Gasteiger partial charge in [-0.25, -0.2) is 0 Å². The standard InChI is InChI=1S/C16H23N5O3/c1-11-18-15(24-19-11)10-23-13-8-21(9-13)7-12-4-6-22-16(12)14-3-5-17-20(14)2/h3,5,12-13,16H,4,6-10H2,1-2H3/t12-,16+/m0/s1. The highest BCUT2D eigenvalue weighted by Crippen LogP contribution is 2.35. The quantitative estimate of drug-likeness (QED) is 0.783. The molecule has 24 heavy (non-hydrogen) atoms. The summed E-state index contributed by atoms with van der Waals surface area (Å²) < 4.78 is 18.7. The number of aryl methyl sites for hydroxylation is 2. The van der Waals surface area contributed by atoms with Crippen LogP contribution < -0.4 is 0 Å². The lowest BCUT2D eigenvalue weighted by atomic mass is 9.96. The fraction of sp³-hybridized carbons (Fsp3) is 0.688. The molecule has 0 aromatic carbocycles. The van der Waals surface area contributed by atoms with Gasteiger partial charge in [0.05, 0.1) is 11.8 Å². The lowest BCUT2D eigenvalue weighted by Crippen LogP contribution is -2.53. The molecule has 0 radical (unpaired) electrons. The molecule has 0 bridgehead atoms. The number of nitrogens with zero attached hydrogens (tertiary/aromatic N) is 5. The van der Waals surface area contributed by atoms with Gasteiger partial charge in [0.25, 0.3) is 5.89 Å². The third-order valence-electron chi connectivity index (χ3n) is 4.79. The summed E-state index contributed by atoms with van der Waals surface area (Å²) in [5, 5.41) is 8.02. The molecule has 8 nitrogen and oxygen atoms in total. The second kappa shape index (κ2) is 6.62. The normalized spacial score (nSPS) is 25.2. The van der Waals surface area contributed by atoms with E-state index < -0.39 is 0 Å². The minimum Gasteiger partial charge on any atom is -0.372 e. The number of ether oxygens (including phenoxy) is 2. The molecule has 2 aromatic rings. The molecule has 0 amide bonds. The highest BCUT2D eigenvalue weighted by atomic mass is 16.5. The van der Waals surface area contributed by atoms with Gasteiger partial charge in [0.15, 0.2) is 5.82 Å². The van der Waals surface area contributed by atoms with Crippen LogP contribution in [0, 0.1) is 12.8 Å². The third-order valence-corrected chi connectivity index (χ3v) is 4.79. The molecular formula is C16H23N5O3. The third kappa shape index (κ3) is 3.22. The monoisotopic (exact) mass is 333 g/mol. The van der Waals surface area contributed by atoms with Crippen molar-refractivity contribution in [2.24, 2.45) is 13.0 Å². The van der Waals surface area contributed by atoms with E-state index in [9.17, 15) is 0 Å². The lowest BCUT2D eigenvalue weighted by Gasteiger charge is -2.40. The van der Waals surface area contributed by atoms with Crippen LogP contribution in [-0.2, 0) is 23.1 Å². The van der Waals surface area contributed by atoms with Crippen molar-refractivity contribution in [1.29, 1.82) is 0 Å². The average Bonchev–Trinajstić information content (AvgIpc) is 3.23. The van der Waals surface area contributed by atoms with Crippen LogP contribution in [0.2, 0.25) is 0 Å². The molecule has 0 N–H and O–H groups in total. The molecule has 2 atom stereocenters. The van der Waals surface area contributed by atoms with Crippen LogP contribution in [0.5, 0.6) is 0 Å². The highest BCUT2D eigenvalue weighted by molar-refractivity contribution is 5.08. The number of hydrogen-bond acceptors (Lipinski definition) is 7. The minimum absolute atomic E-state index is 0.152.